The molecule has 4 nitrogen and oxygen atoms in total. The summed E-state index contributed by atoms with van der Waals surface area (Å²) in [5.41, 5.74) is 0.635. The summed E-state index contributed by atoms with van der Waals surface area (Å²) in [6.45, 7) is 1.61. The highest BCUT2D eigenvalue weighted by molar-refractivity contribution is 8.01. The lowest BCUT2D eigenvalue weighted by Crippen LogP contribution is -1.94. The van der Waals surface area contributed by atoms with Crippen LogP contribution in [0.25, 0.3) is 0 Å². The van der Waals surface area contributed by atoms with Crippen molar-refractivity contribution < 1.29 is 14.3 Å². The molecule has 0 spiro atoms. The molecule has 0 amide bonds. The molecule has 0 radical (unpaired) electrons. The first kappa shape index (κ1) is 13.5. The fourth-order valence-electron chi connectivity index (χ4n) is 1.39. The second-order valence-electron chi connectivity index (χ2n) is 3.55. The molecule has 19 heavy (non-hydrogen) atoms. The van der Waals surface area contributed by atoms with Crippen LogP contribution in [0.3, 0.4) is 0 Å². The fraction of sp³-hybridized carbons (Fsp3) is 0.0833. The fourth-order valence-corrected chi connectivity index (χ4v) is 3.43. The molecular formula is C12H7FN2O2S2. The van der Waals surface area contributed by atoms with Gasteiger partial charge in [0.25, 0.3) is 0 Å². The van der Waals surface area contributed by atoms with E-state index in [1.807, 2.05) is 6.07 Å². The van der Waals surface area contributed by atoms with E-state index in [0.29, 0.717) is 14.9 Å². The van der Waals surface area contributed by atoms with Crippen LogP contribution in [-0.4, -0.2) is 16.1 Å². The van der Waals surface area contributed by atoms with Crippen molar-refractivity contribution in [3.63, 3.8) is 0 Å². The van der Waals surface area contributed by atoms with E-state index in [9.17, 15) is 9.18 Å². The van der Waals surface area contributed by atoms with Crippen LogP contribution < -0.4 is 0 Å². The molecule has 0 unspecified atom stereocenters. The summed E-state index contributed by atoms with van der Waals surface area (Å²) in [5.74, 6) is -1.51. The quantitative estimate of drug-likeness (QED) is 0.940. The third-order valence-corrected chi connectivity index (χ3v) is 4.51. The molecule has 1 N–H and O–H groups in total. The number of hydrogen-bond donors (Lipinski definition) is 1. The van der Waals surface area contributed by atoms with E-state index in [-0.39, 0.29) is 10.4 Å². The lowest BCUT2D eigenvalue weighted by molar-refractivity contribution is 0.0701. The summed E-state index contributed by atoms with van der Waals surface area (Å²) >= 11 is 2.19. The lowest BCUT2D eigenvalue weighted by Gasteiger charge is -2.00. The smallest absolute Gasteiger partial charge is 0.347 e. The number of hydrogen-bond acceptors (Lipinski definition) is 5. The summed E-state index contributed by atoms with van der Waals surface area (Å²) in [4.78, 5) is 15.8. The van der Waals surface area contributed by atoms with Gasteiger partial charge in [-0.25, -0.2) is 14.2 Å². The number of aromatic nitrogens is 1. The molecule has 0 fully saturated rings. The van der Waals surface area contributed by atoms with Crippen LogP contribution in [-0.2, 0) is 0 Å². The first-order valence-corrected chi connectivity index (χ1v) is 6.73. The lowest BCUT2D eigenvalue weighted by atomic mass is 10.2. The Balaban J connectivity index is 2.34. The van der Waals surface area contributed by atoms with Crippen LogP contribution in [0.4, 0.5) is 4.39 Å². The second-order valence-corrected chi connectivity index (χ2v) is 5.84. The number of carboxylic acids is 1. The van der Waals surface area contributed by atoms with E-state index in [0.717, 1.165) is 29.2 Å². The van der Waals surface area contributed by atoms with Gasteiger partial charge < -0.3 is 5.11 Å². The van der Waals surface area contributed by atoms with Crippen LogP contribution >= 0.6 is 23.1 Å². The van der Waals surface area contributed by atoms with E-state index in [1.165, 1.54) is 12.1 Å². The van der Waals surface area contributed by atoms with Crippen LogP contribution in [0.15, 0.2) is 27.4 Å². The molecule has 96 valence electrons. The van der Waals surface area contributed by atoms with Crippen molar-refractivity contribution >= 4 is 29.1 Å². The monoisotopic (exact) mass is 294 g/mol. The number of carboxylic acid groups (broad SMARTS) is 1. The molecule has 0 aliphatic carbocycles. The highest BCUT2D eigenvalue weighted by Crippen LogP contribution is 2.34. The molecule has 0 saturated carbocycles. The van der Waals surface area contributed by atoms with Gasteiger partial charge in [-0.15, -0.1) is 11.3 Å². The Morgan fingerprint density at radius 3 is 2.89 bits per heavy atom. The minimum Gasteiger partial charge on any atom is -0.477 e. The van der Waals surface area contributed by atoms with Crippen molar-refractivity contribution in [3.05, 3.63) is 40.2 Å². The number of nitriles is 1. The van der Waals surface area contributed by atoms with E-state index < -0.39 is 11.8 Å². The van der Waals surface area contributed by atoms with Crippen molar-refractivity contribution in [1.29, 1.82) is 5.26 Å². The summed E-state index contributed by atoms with van der Waals surface area (Å²) in [6, 6.07) is 5.77. The topological polar surface area (TPSA) is 74.0 Å². The Bertz CT molecular complexity index is 692. The summed E-state index contributed by atoms with van der Waals surface area (Å²) in [5, 5.41) is 17.9. The van der Waals surface area contributed by atoms with E-state index in [2.05, 4.69) is 4.98 Å². The van der Waals surface area contributed by atoms with Gasteiger partial charge in [0.15, 0.2) is 4.34 Å². The third-order valence-electron chi connectivity index (χ3n) is 2.23. The van der Waals surface area contributed by atoms with Gasteiger partial charge in [-0.05, 0) is 25.1 Å². The Labute approximate surface area is 116 Å². The summed E-state index contributed by atoms with van der Waals surface area (Å²) in [6.07, 6.45) is 0. The van der Waals surface area contributed by atoms with Gasteiger partial charge >= 0.3 is 5.97 Å². The Morgan fingerprint density at radius 1 is 1.58 bits per heavy atom. The van der Waals surface area contributed by atoms with E-state index >= 15 is 0 Å². The number of benzene rings is 1. The predicted molar refractivity (Wildman–Crippen MR) is 69.0 cm³/mol. The molecule has 2 rings (SSSR count). The molecule has 2 aromatic rings. The third kappa shape index (κ3) is 2.92. The number of halogens is 1. The van der Waals surface area contributed by atoms with Gasteiger partial charge in [0.05, 0.1) is 11.3 Å². The zero-order valence-electron chi connectivity index (χ0n) is 9.68. The number of aromatic carboxylic acids is 1. The Kier molecular flexibility index (Phi) is 3.83. The van der Waals surface area contributed by atoms with Crippen LogP contribution in [0.5, 0.6) is 0 Å². The summed E-state index contributed by atoms with van der Waals surface area (Å²) in [7, 11) is 0. The highest BCUT2D eigenvalue weighted by atomic mass is 32.2. The maximum absolute atomic E-state index is 13.0. The molecule has 0 bridgehead atoms. The van der Waals surface area contributed by atoms with Crippen LogP contribution in [0, 0.1) is 24.1 Å². The molecule has 7 heteroatoms. The van der Waals surface area contributed by atoms with E-state index in [4.69, 9.17) is 10.4 Å². The number of aryl methyl sites for hydroxylation is 1. The normalized spacial score (nSPS) is 10.2. The van der Waals surface area contributed by atoms with E-state index in [1.54, 1.807) is 6.92 Å². The Hall–Kier alpha value is -1.91. The number of nitrogens with zero attached hydrogens (tertiary/aromatic N) is 2. The number of rotatable bonds is 3. The molecule has 0 aliphatic heterocycles. The van der Waals surface area contributed by atoms with Crippen molar-refractivity contribution in [2.75, 3.05) is 0 Å². The molecule has 0 saturated heterocycles. The molecular weight excluding hydrogens is 287 g/mol. The van der Waals surface area contributed by atoms with Crippen molar-refractivity contribution in [2.24, 2.45) is 0 Å². The van der Waals surface area contributed by atoms with Gasteiger partial charge in [0.2, 0.25) is 0 Å². The predicted octanol–water partition coefficient (Wildman–Crippen LogP) is 3.31. The standard InChI is InChI=1S/C12H7FN2O2S2/c1-6-10(11(16)17)19-12(15-6)18-9-3-2-8(13)4-7(9)5-14/h2-4H,1H3,(H,16,17). The van der Waals surface area contributed by atoms with Gasteiger partial charge in [-0.1, -0.05) is 11.8 Å². The number of thiazole rings is 1. The SMILES string of the molecule is Cc1nc(Sc2ccc(F)cc2C#N)sc1C(=O)O. The number of carbonyl (C=O) groups is 1. The zero-order chi connectivity index (χ0) is 14.0. The minimum atomic E-state index is -1.03. The van der Waals surface area contributed by atoms with Gasteiger partial charge in [0, 0.05) is 4.90 Å². The maximum atomic E-state index is 13.0. The first-order valence-electron chi connectivity index (χ1n) is 5.09. The largest absolute Gasteiger partial charge is 0.477 e. The molecule has 0 atom stereocenters. The minimum absolute atomic E-state index is 0.170. The molecule has 1 aromatic heterocycles. The first-order chi connectivity index (χ1) is 9.01. The van der Waals surface area contributed by atoms with Crippen molar-refractivity contribution in [1.82, 2.24) is 4.98 Å². The van der Waals surface area contributed by atoms with Crippen LogP contribution in [0.2, 0.25) is 0 Å². The average Bonchev–Trinajstić information content (AvgIpc) is 2.72. The maximum Gasteiger partial charge on any atom is 0.347 e. The van der Waals surface area contributed by atoms with Crippen LogP contribution in [0.1, 0.15) is 20.9 Å². The second kappa shape index (κ2) is 5.38. The molecule has 0 aliphatic rings. The van der Waals surface area contributed by atoms with Gasteiger partial charge in [0.1, 0.15) is 16.8 Å². The molecule has 1 heterocycles. The van der Waals surface area contributed by atoms with Gasteiger partial charge in [-0.3, -0.25) is 0 Å². The Morgan fingerprint density at radius 2 is 2.32 bits per heavy atom. The van der Waals surface area contributed by atoms with Crippen molar-refractivity contribution in [3.8, 4) is 6.07 Å². The van der Waals surface area contributed by atoms with Gasteiger partial charge in [-0.2, -0.15) is 5.26 Å². The summed E-state index contributed by atoms with van der Waals surface area (Å²) < 4.78 is 13.5. The van der Waals surface area contributed by atoms with Crippen molar-refractivity contribution in [2.45, 2.75) is 16.2 Å². The zero-order valence-corrected chi connectivity index (χ0v) is 11.3. The average molecular weight is 294 g/mol. The highest BCUT2D eigenvalue weighted by Gasteiger charge is 2.15. The molecule has 1 aromatic carbocycles.